The molecular formula is C15H21NO3. The van der Waals surface area contributed by atoms with E-state index < -0.39 is 0 Å². The summed E-state index contributed by atoms with van der Waals surface area (Å²) in [5, 5.41) is 2.76. The van der Waals surface area contributed by atoms with Crippen LogP contribution < -0.4 is 10.1 Å². The summed E-state index contributed by atoms with van der Waals surface area (Å²) in [6.07, 6.45) is 0.455. The second kappa shape index (κ2) is 7.56. The number of benzene rings is 1. The molecule has 0 atom stereocenters. The fourth-order valence-corrected chi connectivity index (χ4v) is 1.67. The number of carbonyl (C=O) groups excluding carboxylic acids is 2. The highest BCUT2D eigenvalue weighted by Crippen LogP contribution is 2.14. The van der Waals surface area contributed by atoms with Gasteiger partial charge in [0.15, 0.2) is 5.78 Å². The summed E-state index contributed by atoms with van der Waals surface area (Å²) in [5.74, 6) is 0.632. The van der Waals surface area contributed by atoms with Crippen molar-refractivity contribution in [3.63, 3.8) is 0 Å². The summed E-state index contributed by atoms with van der Waals surface area (Å²) in [7, 11) is 0. The van der Waals surface area contributed by atoms with Crippen LogP contribution in [0.1, 0.15) is 44.0 Å². The van der Waals surface area contributed by atoms with Crippen LogP contribution >= 0.6 is 0 Å². The molecule has 1 aromatic rings. The molecule has 104 valence electrons. The van der Waals surface area contributed by atoms with Crippen LogP contribution in [0.25, 0.3) is 0 Å². The van der Waals surface area contributed by atoms with Crippen LogP contribution in [0.5, 0.6) is 5.75 Å². The number of ketones is 1. The number of carbonyl (C=O) groups is 2. The minimum atomic E-state index is -0.0886. The smallest absolute Gasteiger partial charge is 0.220 e. The van der Waals surface area contributed by atoms with E-state index in [9.17, 15) is 9.59 Å². The van der Waals surface area contributed by atoms with Crippen LogP contribution in [0.3, 0.4) is 0 Å². The third kappa shape index (κ3) is 5.55. The molecule has 0 aliphatic heterocycles. The molecule has 0 aliphatic rings. The monoisotopic (exact) mass is 263 g/mol. The lowest BCUT2D eigenvalue weighted by Crippen LogP contribution is -2.30. The fraction of sp³-hybridized carbons (Fsp3) is 0.467. The Labute approximate surface area is 114 Å². The van der Waals surface area contributed by atoms with Gasteiger partial charge in [0.1, 0.15) is 5.75 Å². The first-order valence-electron chi connectivity index (χ1n) is 6.58. The molecule has 0 spiro atoms. The van der Waals surface area contributed by atoms with E-state index >= 15 is 0 Å². The van der Waals surface area contributed by atoms with Gasteiger partial charge in [0.2, 0.25) is 5.91 Å². The van der Waals surface area contributed by atoms with E-state index in [0.29, 0.717) is 12.2 Å². The third-order valence-corrected chi connectivity index (χ3v) is 2.52. The van der Waals surface area contributed by atoms with Crippen LogP contribution in [0.2, 0.25) is 0 Å². The molecule has 0 heterocycles. The maximum Gasteiger partial charge on any atom is 0.220 e. The number of ether oxygens (including phenoxy) is 1. The van der Waals surface area contributed by atoms with Gasteiger partial charge in [0, 0.05) is 24.4 Å². The maximum absolute atomic E-state index is 11.9. The van der Waals surface area contributed by atoms with Crippen molar-refractivity contribution < 1.29 is 14.3 Å². The minimum absolute atomic E-state index is 0.0260. The van der Waals surface area contributed by atoms with Crippen molar-refractivity contribution in [3.8, 4) is 5.75 Å². The average Bonchev–Trinajstić information content (AvgIpc) is 2.36. The summed E-state index contributed by atoms with van der Waals surface area (Å²) in [6.45, 7) is 6.30. The van der Waals surface area contributed by atoms with Crippen LogP contribution in [-0.2, 0) is 4.79 Å². The van der Waals surface area contributed by atoms with Crippen molar-refractivity contribution in [2.24, 2.45) is 0 Å². The number of rotatable bonds is 7. The Morgan fingerprint density at radius 2 is 1.79 bits per heavy atom. The van der Waals surface area contributed by atoms with Gasteiger partial charge in [0.25, 0.3) is 0 Å². The number of nitrogens with one attached hydrogen (secondary N) is 1. The Bertz CT molecular complexity index is 424. The first-order valence-corrected chi connectivity index (χ1v) is 6.58. The van der Waals surface area contributed by atoms with Gasteiger partial charge in [-0.05, 0) is 45.0 Å². The summed E-state index contributed by atoms with van der Waals surface area (Å²) < 4.78 is 5.31. The number of amides is 1. The molecule has 1 amide bonds. The largest absolute Gasteiger partial charge is 0.494 e. The van der Waals surface area contributed by atoms with Crippen LogP contribution in [-0.4, -0.2) is 24.3 Å². The van der Waals surface area contributed by atoms with Gasteiger partial charge in [-0.15, -0.1) is 0 Å². The minimum Gasteiger partial charge on any atom is -0.494 e. The van der Waals surface area contributed by atoms with Gasteiger partial charge in [-0.25, -0.2) is 0 Å². The maximum atomic E-state index is 11.9. The van der Waals surface area contributed by atoms with Crippen molar-refractivity contribution in [2.75, 3.05) is 6.61 Å². The van der Waals surface area contributed by atoms with Gasteiger partial charge in [-0.3, -0.25) is 9.59 Å². The molecule has 0 saturated carbocycles. The quantitative estimate of drug-likeness (QED) is 0.769. The molecule has 0 unspecified atom stereocenters. The Morgan fingerprint density at radius 3 is 2.32 bits per heavy atom. The SMILES string of the molecule is CCOc1ccc(C(=O)CCC(=O)NC(C)C)cc1. The van der Waals surface area contributed by atoms with Gasteiger partial charge >= 0.3 is 0 Å². The highest BCUT2D eigenvalue weighted by molar-refractivity contribution is 5.98. The highest BCUT2D eigenvalue weighted by atomic mass is 16.5. The van der Waals surface area contributed by atoms with Gasteiger partial charge < -0.3 is 10.1 Å². The molecular weight excluding hydrogens is 242 g/mol. The molecule has 1 N–H and O–H groups in total. The Kier molecular flexibility index (Phi) is 6.06. The topological polar surface area (TPSA) is 55.4 Å². The Hall–Kier alpha value is -1.84. The zero-order valence-corrected chi connectivity index (χ0v) is 11.7. The molecule has 0 radical (unpaired) electrons. The summed E-state index contributed by atoms with van der Waals surface area (Å²) in [6, 6.07) is 7.10. The molecule has 0 fully saturated rings. The van der Waals surface area contributed by atoms with Gasteiger partial charge in [-0.1, -0.05) is 0 Å². The van der Waals surface area contributed by atoms with Crippen LogP contribution in [0.4, 0.5) is 0 Å². The van der Waals surface area contributed by atoms with E-state index in [1.807, 2.05) is 20.8 Å². The normalized spacial score (nSPS) is 10.3. The molecule has 0 aromatic heterocycles. The van der Waals surface area contributed by atoms with Crippen molar-refractivity contribution >= 4 is 11.7 Å². The number of hydrogen-bond donors (Lipinski definition) is 1. The second-order valence-electron chi connectivity index (χ2n) is 4.60. The van der Waals surface area contributed by atoms with Gasteiger partial charge in [-0.2, -0.15) is 0 Å². The van der Waals surface area contributed by atoms with Crippen molar-refractivity contribution in [1.29, 1.82) is 0 Å². The Balaban J connectivity index is 2.47. The van der Waals surface area contributed by atoms with E-state index in [1.165, 1.54) is 0 Å². The first-order chi connectivity index (χ1) is 9.02. The summed E-state index contributed by atoms with van der Waals surface area (Å²) in [5.41, 5.74) is 0.612. The zero-order valence-electron chi connectivity index (χ0n) is 11.7. The standard InChI is InChI=1S/C15H21NO3/c1-4-19-13-7-5-12(6-8-13)14(17)9-10-15(18)16-11(2)3/h5-8,11H,4,9-10H2,1-3H3,(H,16,18). The van der Waals surface area contributed by atoms with Crippen LogP contribution in [0, 0.1) is 0 Å². The molecule has 19 heavy (non-hydrogen) atoms. The van der Waals surface area contributed by atoms with Gasteiger partial charge in [0.05, 0.1) is 6.61 Å². The molecule has 0 aliphatic carbocycles. The fourth-order valence-electron chi connectivity index (χ4n) is 1.67. The molecule has 0 saturated heterocycles. The van der Waals surface area contributed by atoms with E-state index in [-0.39, 0.29) is 30.6 Å². The summed E-state index contributed by atoms with van der Waals surface area (Å²) >= 11 is 0. The molecule has 0 bridgehead atoms. The van der Waals surface area contributed by atoms with E-state index in [1.54, 1.807) is 24.3 Å². The molecule has 4 heteroatoms. The van der Waals surface area contributed by atoms with E-state index in [2.05, 4.69) is 5.32 Å². The molecule has 4 nitrogen and oxygen atoms in total. The van der Waals surface area contributed by atoms with Crippen molar-refractivity contribution in [1.82, 2.24) is 5.32 Å². The Morgan fingerprint density at radius 1 is 1.16 bits per heavy atom. The second-order valence-corrected chi connectivity index (χ2v) is 4.60. The number of Topliss-reactive ketones (excluding diaryl/α,β-unsaturated/α-hetero) is 1. The average molecular weight is 263 g/mol. The molecule has 1 rings (SSSR count). The highest BCUT2D eigenvalue weighted by Gasteiger charge is 2.10. The first kappa shape index (κ1) is 15.2. The predicted molar refractivity (Wildman–Crippen MR) is 74.5 cm³/mol. The van der Waals surface area contributed by atoms with Crippen LogP contribution in [0.15, 0.2) is 24.3 Å². The lowest BCUT2D eigenvalue weighted by atomic mass is 10.1. The lowest BCUT2D eigenvalue weighted by Gasteiger charge is -2.08. The van der Waals surface area contributed by atoms with Crippen molar-refractivity contribution in [3.05, 3.63) is 29.8 Å². The van der Waals surface area contributed by atoms with Crippen molar-refractivity contribution in [2.45, 2.75) is 39.7 Å². The molecule has 1 aromatic carbocycles. The lowest BCUT2D eigenvalue weighted by molar-refractivity contribution is -0.121. The zero-order chi connectivity index (χ0) is 14.3. The van der Waals surface area contributed by atoms with E-state index in [0.717, 1.165) is 5.75 Å². The third-order valence-electron chi connectivity index (χ3n) is 2.52. The predicted octanol–water partition coefficient (Wildman–Crippen LogP) is 2.57. The van der Waals surface area contributed by atoms with E-state index in [4.69, 9.17) is 4.74 Å². The summed E-state index contributed by atoms with van der Waals surface area (Å²) in [4.78, 5) is 23.3. The number of hydrogen-bond acceptors (Lipinski definition) is 3.